The van der Waals surface area contributed by atoms with Crippen LogP contribution in [0.5, 0.6) is 5.75 Å². The summed E-state index contributed by atoms with van der Waals surface area (Å²) < 4.78 is 5.28. The van der Waals surface area contributed by atoms with Gasteiger partial charge in [-0.25, -0.2) is 0 Å². The fourth-order valence-corrected chi connectivity index (χ4v) is 1.75. The molecule has 2 rings (SSSR count). The Morgan fingerprint density at radius 3 is 3.18 bits per heavy atom. The second kappa shape index (κ2) is 5.16. The van der Waals surface area contributed by atoms with Crippen LogP contribution in [0.25, 0.3) is 0 Å². The number of carbonyl (C=O) groups is 1. The third-order valence-electron chi connectivity index (χ3n) is 2.68. The molecule has 1 unspecified atom stereocenters. The lowest BCUT2D eigenvalue weighted by Gasteiger charge is -2.20. The van der Waals surface area contributed by atoms with E-state index >= 15 is 0 Å². The number of benzene rings is 1. The topological polar surface area (TPSA) is 76.4 Å². The van der Waals surface area contributed by atoms with E-state index in [9.17, 15) is 4.79 Å². The fraction of sp³-hybridized carbons (Fsp3) is 0.417. The number of fused-ring (bicyclic) bond motifs is 1. The van der Waals surface area contributed by atoms with Crippen molar-refractivity contribution in [1.82, 2.24) is 5.32 Å². The van der Waals surface area contributed by atoms with Crippen LogP contribution in [0.15, 0.2) is 18.2 Å². The number of ether oxygens (including phenoxy) is 1. The Kier molecular flexibility index (Phi) is 3.61. The first kappa shape index (κ1) is 11.9. The van der Waals surface area contributed by atoms with E-state index in [2.05, 4.69) is 10.6 Å². The SMILES string of the molecule is CCNCC(N)c1ccc2c(c1)NC(=O)CO2. The molecule has 4 N–H and O–H groups in total. The van der Waals surface area contributed by atoms with Crippen LogP contribution in [0.1, 0.15) is 18.5 Å². The average Bonchev–Trinajstić information content (AvgIpc) is 2.35. The second-order valence-corrected chi connectivity index (χ2v) is 4.01. The van der Waals surface area contributed by atoms with Gasteiger partial charge < -0.3 is 21.1 Å². The van der Waals surface area contributed by atoms with Gasteiger partial charge in [-0.2, -0.15) is 0 Å². The van der Waals surface area contributed by atoms with Crippen molar-refractivity contribution in [2.24, 2.45) is 5.73 Å². The van der Waals surface area contributed by atoms with Crippen molar-refractivity contribution in [3.8, 4) is 5.75 Å². The van der Waals surface area contributed by atoms with E-state index in [-0.39, 0.29) is 18.6 Å². The molecule has 0 saturated carbocycles. The van der Waals surface area contributed by atoms with Crippen LogP contribution in [0.2, 0.25) is 0 Å². The molecule has 0 bridgehead atoms. The summed E-state index contributed by atoms with van der Waals surface area (Å²) in [7, 11) is 0. The van der Waals surface area contributed by atoms with E-state index in [1.54, 1.807) is 0 Å². The smallest absolute Gasteiger partial charge is 0.262 e. The summed E-state index contributed by atoms with van der Waals surface area (Å²) in [5.74, 6) is 0.568. The monoisotopic (exact) mass is 235 g/mol. The number of hydrogen-bond donors (Lipinski definition) is 3. The van der Waals surface area contributed by atoms with Crippen molar-refractivity contribution in [2.45, 2.75) is 13.0 Å². The summed E-state index contributed by atoms with van der Waals surface area (Å²) in [5.41, 5.74) is 7.71. The number of hydrogen-bond acceptors (Lipinski definition) is 4. The molecule has 0 aliphatic carbocycles. The van der Waals surface area contributed by atoms with E-state index in [1.165, 1.54) is 0 Å². The predicted molar refractivity (Wildman–Crippen MR) is 66.0 cm³/mol. The van der Waals surface area contributed by atoms with Gasteiger partial charge in [-0.15, -0.1) is 0 Å². The Balaban J connectivity index is 2.14. The highest BCUT2D eigenvalue weighted by Gasteiger charge is 2.17. The molecule has 0 radical (unpaired) electrons. The molecule has 0 spiro atoms. The summed E-state index contributed by atoms with van der Waals surface area (Å²) in [6.45, 7) is 3.71. The summed E-state index contributed by atoms with van der Waals surface area (Å²) in [6, 6.07) is 5.56. The number of nitrogens with one attached hydrogen (secondary N) is 2. The molecule has 1 aromatic rings. The largest absolute Gasteiger partial charge is 0.482 e. The molecule has 5 nitrogen and oxygen atoms in total. The van der Waals surface area contributed by atoms with Gasteiger partial charge in [0.1, 0.15) is 5.75 Å². The second-order valence-electron chi connectivity index (χ2n) is 4.01. The highest BCUT2D eigenvalue weighted by atomic mass is 16.5. The van der Waals surface area contributed by atoms with E-state index in [1.807, 2.05) is 25.1 Å². The zero-order chi connectivity index (χ0) is 12.3. The molecular weight excluding hydrogens is 218 g/mol. The first-order valence-electron chi connectivity index (χ1n) is 5.73. The first-order chi connectivity index (χ1) is 8.20. The third kappa shape index (κ3) is 2.75. The molecule has 1 atom stereocenters. The molecular formula is C12H17N3O2. The number of carbonyl (C=O) groups excluding carboxylic acids is 1. The van der Waals surface area contributed by atoms with Crippen LogP contribution in [0.4, 0.5) is 5.69 Å². The Morgan fingerprint density at radius 2 is 2.41 bits per heavy atom. The molecule has 17 heavy (non-hydrogen) atoms. The number of likely N-dealkylation sites (N-methyl/N-ethyl adjacent to an activating group) is 1. The molecule has 1 amide bonds. The van der Waals surface area contributed by atoms with Crippen molar-refractivity contribution < 1.29 is 9.53 Å². The molecule has 1 aliphatic heterocycles. The Hall–Kier alpha value is -1.59. The van der Waals surface area contributed by atoms with E-state index < -0.39 is 0 Å². The average molecular weight is 235 g/mol. The van der Waals surface area contributed by atoms with E-state index in [0.717, 1.165) is 12.1 Å². The van der Waals surface area contributed by atoms with Gasteiger partial charge in [0, 0.05) is 12.6 Å². The lowest BCUT2D eigenvalue weighted by Crippen LogP contribution is -2.28. The van der Waals surface area contributed by atoms with Crippen LogP contribution >= 0.6 is 0 Å². The Morgan fingerprint density at radius 1 is 1.59 bits per heavy atom. The minimum Gasteiger partial charge on any atom is -0.482 e. The minimum atomic E-state index is -0.130. The van der Waals surface area contributed by atoms with Gasteiger partial charge in [-0.3, -0.25) is 4.79 Å². The normalized spacial score (nSPS) is 15.8. The summed E-state index contributed by atoms with van der Waals surface area (Å²) >= 11 is 0. The highest BCUT2D eigenvalue weighted by Crippen LogP contribution is 2.29. The molecule has 1 aromatic carbocycles. The van der Waals surface area contributed by atoms with Crippen molar-refractivity contribution >= 4 is 11.6 Å². The van der Waals surface area contributed by atoms with Gasteiger partial charge in [0.25, 0.3) is 5.91 Å². The van der Waals surface area contributed by atoms with E-state index in [4.69, 9.17) is 10.5 Å². The maximum atomic E-state index is 11.2. The summed E-state index contributed by atoms with van der Waals surface area (Å²) in [4.78, 5) is 11.2. The molecule has 92 valence electrons. The van der Waals surface area contributed by atoms with Crippen molar-refractivity contribution in [3.05, 3.63) is 23.8 Å². The van der Waals surface area contributed by atoms with Crippen LogP contribution < -0.4 is 21.1 Å². The Labute approximate surface area is 100 Å². The lowest BCUT2D eigenvalue weighted by atomic mass is 10.1. The van der Waals surface area contributed by atoms with Gasteiger partial charge in [0.2, 0.25) is 0 Å². The molecule has 0 saturated heterocycles. The Bertz CT molecular complexity index is 420. The molecule has 1 aliphatic rings. The van der Waals surface area contributed by atoms with Crippen LogP contribution in [0, 0.1) is 0 Å². The maximum Gasteiger partial charge on any atom is 0.262 e. The first-order valence-corrected chi connectivity index (χ1v) is 5.73. The van der Waals surface area contributed by atoms with Crippen molar-refractivity contribution in [2.75, 3.05) is 25.0 Å². The predicted octanol–water partition coefficient (Wildman–Crippen LogP) is 0.627. The molecule has 1 heterocycles. The van der Waals surface area contributed by atoms with Crippen LogP contribution in [0.3, 0.4) is 0 Å². The maximum absolute atomic E-state index is 11.2. The molecule has 0 aromatic heterocycles. The van der Waals surface area contributed by atoms with Crippen LogP contribution in [-0.2, 0) is 4.79 Å². The number of amides is 1. The van der Waals surface area contributed by atoms with Crippen LogP contribution in [-0.4, -0.2) is 25.6 Å². The van der Waals surface area contributed by atoms with Gasteiger partial charge >= 0.3 is 0 Å². The zero-order valence-corrected chi connectivity index (χ0v) is 9.82. The zero-order valence-electron chi connectivity index (χ0n) is 9.82. The fourth-order valence-electron chi connectivity index (χ4n) is 1.75. The van der Waals surface area contributed by atoms with Crippen molar-refractivity contribution in [3.63, 3.8) is 0 Å². The summed E-state index contributed by atoms with van der Waals surface area (Å²) in [5, 5.41) is 5.96. The number of anilines is 1. The van der Waals surface area contributed by atoms with Gasteiger partial charge in [-0.1, -0.05) is 13.0 Å². The molecule has 0 fully saturated rings. The standard InChI is InChI=1S/C12H17N3O2/c1-2-14-6-9(13)8-3-4-11-10(5-8)15-12(16)7-17-11/h3-5,9,14H,2,6-7,13H2,1H3,(H,15,16). The summed E-state index contributed by atoms with van der Waals surface area (Å²) in [6.07, 6.45) is 0. The molecule has 5 heteroatoms. The minimum absolute atomic E-state index is 0.0792. The van der Waals surface area contributed by atoms with Gasteiger partial charge in [0.15, 0.2) is 6.61 Å². The van der Waals surface area contributed by atoms with Gasteiger partial charge in [0.05, 0.1) is 5.69 Å². The van der Waals surface area contributed by atoms with Crippen molar-refractivity contribution in [1.29, 1.82) is 0 Å². The van der Waals surface area contributed by atoms with Gasteiger partial charge in [-0.05, 0) is 24.2 Å². The third-order valence-corrected chi connectivity index (χ3v) is 2.68. The van der Waals surface area contributed by atoms with E-state index in [0.29, 0.717) is 18.0 Å². The quantitative estimate of drug-likeness (QED) is 0.715. The number of nitrogens with two attached hydrogens (primary N) is 1. The highest BCUT2D eigenvalue weighted by molar-refractivity contribution is 5.95. The number of rotatable bonds is 4. The lowest BCUT2D eigenvalue weighted by molar-refractivity contribution is -0.118.